The zero-order valence-electron chi connectivity index (χ0n) is 16.0. The van der Waals surface area contributed by atoms with Crippen LogP contribution in [0.25, 0.3) is 0 Å². The summed E-state index contributed by atoms with van der Waals surface area (Å²) in [5, 5.41) is 8.51. The Morgan fingerprint density at radius 1 is 1.04 bits per heavy atom. The van der Waals surface area contributed by atoms with E-state index in [0.29, 0.717) is 23.8 Å². The average molecular weight is 423 g/mol. The molecular weight excluding hydrogens is 396 g/mol. The van der Waals surface area contributed by atoms with Crippen molar-refractivity contribution in [3.8, 4) is 0 Å². The van der Waals surface area contributed by atoms with Crippen LogP contribution in [0.3, 0.4) is 0 Å². The predicted octanol–water partition coefficient (Wildman–Crippen LogP) is 0.000800. The Morgan fingerprint density at radius 3 is 2.29 bits per heavy atom. The van der Waals surface area contributed by atoms with Gasteiger partial charge in [-0.3, -0.25) is 9.59 Å². The normalized spacial score (nSPS) is 20.4. The van der Waals surface area contributed by atoms with Crippen LogP contribution in [0.2, 0.25) is 5.02 Å². The van der Waals surface area contributed by atoms with Gasteiger partial charge in [-0.25, -0.2) is 0 Å². The molecule has 0 unspecified atom stereocenters. The van der Waals surface area contributed by atoms with Crippen LogP contribution in [0, 0.1) is 0 Å². The molecule has 1 aromatic heterocycles. The summed E-state index contributed by atoms with van der Waals surface area (Å²) in [5.41, 5.74) is 0.648. The lowest BCUT2D eigenvalue weighted by Crippen LogP contribution is -3.28. The summed E-state index contributed by atoms with van der Waals surface area (Å²) in [6.45, 7) is 6.43. The summed E-state index contributed by atoms with van der Waals surface area (Å²) in [5.74, 6) is 0.0462. The lowest BCUT2D eigenvalue weighted by molar-refractivity contribution is -1.00. The van der Waals surface area contributed by atoms with Crippen LogP contribution in [0.15, 0.2) is 41.8 Å². The SMILES string of the molecule is C[C@@H](NC(=O)C[NH+]1CC[NH+](CC(=O)Nc2ccccc2Cl)CC1)c1cccs1. The highest BCUT2D eigenvalue weighted by Crippen LogP contribution is 2.20. The van der Waals surface area contributed by atoms with Gasteiger partial charge in [0.2, 0.25) is 0 Å². The highest BCUT2D eigenvalue weighted by Gasteiger charge is 2.27. The van der Waals surface area contributed by atoms with Gasteiger partial charge in [0, 0.05) is 4.88 Å². The molecule has 1 fully saturated rings. The fourth-order valence-electron chi connectivity index (χ4n) is 3.42. The molecule has 1 saturated heterocycles. The average Bonchev–Trinajstić information content (AvgIpc) is 3.20. The van der Waals surface area contributed by atoms with Crippen LogP contribution < -0.4 is 20.4 Å². The molecule has 0 saturated carbocycles. The molecule has 1 aliphatic heterocycles. The number of rotatable bonds is 7. The second kappa shape index (κ2) is 10.0. The van der Waals surface area contributed by atoms with Gasteiger partial charge < -0.3 is 20.4 Å². The Bertz CT molecular complexity index is 791. The molecule has 1 aromatic carbocycles. The summed E-state index contributed by atoms with van der Waals surface area (Å²) >= 11 is 7.74. The Hall–Kier alpha value is -1.93. The molecule has 3 rings (SSSR count). The molecule has 150 valence electrons. The molecule has 2 heterocycles. The van der Waals surface area contributed by atoms with Crippen LogP contribution in [0.4, 0.5) is 5.69 Å². The quantitative estimate of drug-likeness (QED) is 0.507. The zero-order chi connectivity index (χ0) is 19.9. The summed E-state index contributed by atoms with van der Waals surface area (Å²) in [6.07, 6.45) is 0. The first-order chi connectivity index (χ1) is 13.5. The van der Waals surface area contributed by atoms with E-state index in [4.69, 9.17) is 11.6 Å². The number of amides is 2. The van der Waals surface area contributed by atoms with Gasteiger partial charge in [0.05, 0.1) is 16.8 Å². The summed E-state index contributed by atoms with van der Waals surface area (Å²) < 4.78 is 0. The van der Waals surface area contributed by atoms with Crippen molar-refractivity contribution in [3.05, 3.63) is 51.7 Å². The van der Waals surface area contributed by atoms with Crippen molar-refractivity contribution in [2.75, 3.05) is 44.6 Å². The van der Waals surface area contributed by atoms with Crippen molar-refractivity contribution in [2.45, 2.75) is 13.0 Å². The molecule has 0 radical (unpaired) electrons. The largest absolute Gasteiger partial charge is 0.344 e. The van der Waals surface area contributed by atoms with Crippen LogP contribution in [0.1, 0.15) is 17.8 Å². The molecular formula is C20H27ClN4O2S+2. The Balaban J connectivity index is 1.37. The maximum atomic E-state index is 12.3. The molecule has 0 spiro atoms. The fourth-order valence-corrected chi connectivity index (χ4v) is 4.34. The molecule has 0 bridgehead atoms. The molecule has 6 nitrogen and oxygen atoms in total. The number of hydrogen-bond acceptors (Lipinski definition) is 3. The number of piperazine rings is 1. The number of benzene rings is 1. The third-order valence-electron chi connectivity index (χ3n) is 4.98. The van der Waals surface area contributed by atoms with Crippen molar-refractivity contribution >= 4 is 40.4 Å². The number of carbonyl (C=O) groups excluding carboxylic acids is 2. The van der Waals surface area contributed by atoms with E-state index in [9.17, 15) is 9.59 Å². The summed E-state index contributed by atoms with van der Waals surface area (Å²) in [6, 6.07) is 11.3. The minimum atomic E-state index is -0.0333. The monoisotopic (exact) mass is 422 g/mol. The van der Waals surface area contributed by atoms with E-state index in [1.165, 1.54) is 14.7 Å². The molecule has 28 heavy (non-hydrogen) atoms. The van der Waals surface area contributed by atoms with Crippen molar-refractivity contribution in [3.63, 3.8) is 0 Å². The number of nitrogens with one attached hydrogen (secondary N) is 4. The third kappa shape index (κ3) is 6.04. The number of thiophene rings is 1. The van der Waals surface area contributed by atoms with Crippen molar-refractivity contribution < 1.29 is 19.4 Å². The Labute approximate surface area is 174 Å². The second-order valence-electron chi connectivity index (χ2n) is 7.19. The molecule has 8 heteroatoms. The molecule has 2 aromatic rings. The topological polar surface area (TPSA) is 67.1 Å². The molecule has 2 amide bonds. The van der Waals surface area contributed by atoms with Crippen molar-refractivity contribution in [2.24, 2.45) is 0 Å². The van der Waals surface area contributed by atoms with Gasteiger partial charge in [0.1, 0.15) is 26.2 Å². The van der Waals surface area contributed by atoms with Gasteiger partial charge >= 0.3 is 0 Å². The minimum Gasteiger partial charge on any atom is -0.344 e. The van der Waals surface area contributed by atoms with E-state index in [2.05, 4.69) is 10.6 Å². The van der Waals surface area contributed by atoms with Gasteiger partial charge in [-0.2, -0.15) is 0 Å². The number of quaternary nitrogens is 2. The first-order valence-corrected chi connectivity index (χ1v) is 10.8. The minimum absolute atomic E-state index is 0.0333. The number of para-hydroxylation sites is 1. The molecule has 1 aliphatic rings. The predicted molar refractivity (Wildman–Crippen MR) is 112 cm³/mol. The first-order valence-electron chi connectivity index (χ1n) is 9.55. The van der Waals surface area contributed by atoms with E-state index < -0.39 is 0 Å². The van der Waals surface area contributed by atoms with Gasteiger partial charge in [-0.1, -0.05) is 29.8 Å². The van der Waals surface area contributed by atoms with Crippen molar-refractivity contribution in [1.82, 2.24) is 5.32 Å². The van der Waals surface area contributed by atoms with Crippen LogP contribution in [-0.4, -0.2) is 51.1 Å². The van der Waals surface area contributed by atoms with E-state index in [1.54, 1.807) is 23.5 Å². The van der Waals surface area contributed by atoms with E-state index in [-0.39, 0.29) is 17.9 Å². The van der Waals surface area contributed by atoms with Gasteiger partial charge in [-0.05, 0) is 30.5 Å². The lowest BCUT2D eigenvalue weighted by atomic mass is 10.2. The smallest absolute Gasteiger partial charge is 0.279 e. The number of hydrogen-bond donors (Lipinski definition) is 4. The van der Waals surface area contributed by atoms with E-state index in [1.807, 2.05) is 36.6 Å². The zero-order valence-corrected chi connectivity index (χ0v) is 17.5. The Morgan fingerprint density at radius 2 is 1.68 bits per heavy atom. The highest BCUT2D eigenvalue weighted by atomic mass is 35.5. The Kier molecular flexibility index (Phi) is 7.44. The number of anilines is 1. The second-order valence-corrected chi connectivity index (χ2v) is 8.57. The fraction of sp³-hybridized carbons (Fsp3) is 0.400. The maximum absolute atomic E-state index is 12.3. The summed E-state index contributed by atoms with van der Waals surface area (Å²) in [4.78, 5) is 28.2. The maximum Gasteiger partial charge on any atom is 0.279 e. The number of halogens is 1. The van der Waals surface area contributed by atoms with E-state index in [0.717, 1.165) is 26.2 Å². The van der Waals surface area contributed by atoms with E-state index >= 15 is 0 Å². The molecule has 0 aliphatic carbocycles. The number of carbonyl (C=O) groups is 2. The lowest BCUT2D eigenvalue weighted by Gasteiger charge is -2.29. The third-order valence-corrected chi connectivity index (χ3v) is 6.37. The molecule has 4 N–H and O–H groups in total. The van der Waals surface area contributed by atoms with Gasteiger partial charge in [-0.15, -0.1) is 11.3 Å². The first kappa shape index (κ1) is 20.8. The van der Waals surface area contributed by atoms with Gasteiger partial charge in [0.25, 0.3) is 11.8 Å². The molecule has 1 atom stereocenters. The van der Waals surface area contributed by atoms with Gasteiger partial charge in [0.15, 0.2) is 13.1 Å². The highest BCUT2D eigenvalue weighted by molar-refractivity contribution is 7.10. The van der Waals surface area contributed by atoms with Crippen molar-refractivity contribution in [1.29, 1.82) is 0 Å². The summed E-state index contributed by atoms with van der Waals surface area (Å²) in [7, 11) is 0. The van der Waals surface area contributed by atoms with Crippen LogP contribution >= 0.6 is 22.9 Å². The van der Waals surface area contributed by atoms with Crippen LogP contribution in [0.5, 0.6) is 0 Å². The van der Waals surface area contributed by atoms with Crippen LogP contribution in [-0.2, 0) is 9.59 Å². The standard InChI is InChI=1S/C20H25ClN4O2S/c1-15(18-7-4-12-28-18)22-19(26)13-24-8-10-25(11-9-24)14-20(27)23-17-6-3-2-5-16(17)21/h2-7,12,15H,8-11,13-14H2,1H3,(H,22,26)(H,23,27)/p+2/t15-/m1/s1.